The SMILES string of the molecule is Cc1ccc(OC[C@@H](C)NC(=O)c2cc(F)ccc2OCCN)cc1. The zero-order valence-corrected chi connectivity index (χ0v) is 14.4. The number of benzene rings is 2. The summed E-state index contributed by atoms with van der Waals surface area (Å²) in [5.74, 6) is 0.0979. The molecule has 0 spiro atoms. The number of hydrogen-bond acceptors (Lipinski definition) is 4. The van der Waals surface area contributed by atoms with E-state index in [1.54, 1.807) is 0 Å². The summed E-state index contributed by atoms with van der Waals surface area (Å²) in [6.07, 6.45) is 0. The molecule has 0 fully saturated rings. The van der Waals surface area contributed by atoms with Crippen LogP contribution in [0.1, 0.15) is 22.8 Å². The zero-order valence-electron chi connectivity index (χ0n) is 14.4. The second kappa shape index (κ2) is 9.03. The van der Waals surface area contributed by atoms with E-state index in [-0.39, 0.29) is 18.2 Å². The molecule has 1 amide bonds. The van der Waals surface area contributed by atoms with Crippen LogP contribution in [-0.4, -0.2) is 31.7 Å². The number of carbonyl (C=O) groups is 1. The van der Waals surface area contributed by atoms with E-state index in [4.69, 9.17) is 15.2 Å². The molecule has 0 aromatic heterocycles. The Balaban J connectivity index is 1.96. The van der Waals surface area contributed by atoms with Crippen LogP contribution in [0.3, 0.4) is 0 Å². The quantitative estimate of drug-likeness (QED) is 0.771. The first-order valence-electron chi connectivity index (χ1n) is 8.12. The van der Waals surface area contributed by atoms with Gasteiger partial charge >= 0.3 is 0 Å². The third kappa shape index (κ3) is 5.76. The minimum Gasteiger partial charge on any atom is -0.491 e. The van der Waals surface area contributed by atoms with Gasteiger partial charge in [0.1, 0.15) is 30.5 Å². The van der Waals surface area contributed by atoms with Crippen LogP contribution in [-0.2, 0) is 0 Å². The van der Waals surface area contributed by atoms with Gasteiger partial charge in [0.2, 0.25) is 0 Å². The first-order chi connectivity index (χ1) is 12.0. The maximum Gasteiger partial charge on any atom is 0.255 e. The summed E-state index contributed by atoms with van der Waals surface area (Å²) in [7, 11) is 0. The predicted octanol–water partition coefficient (Wildman–Crippen LogP) is 2.67. The molecule has 0 bridgehead atoms. The second-order valence-electron chi connectivity index (χ2n) is 5.78. The maximum absolute atomic E-state index is 13.5. The monoisotopic (exact) mass is 346 g/mol. The van der Waals surface area contributed by atoms with E-state index in [1.165, 1.54) is 12.1 Å². The van der Waals surface area contributed by atoms with Crippen molar-refractivity contribution in [3.05, 3.63) is 59.4 Å². The lowest BCUT2D eigenvalue weighted by Crippen LogP contribution is -2.37. The molecule has 25 heavy (non-hydrogen) atoms. The van der Waals surface area contributed by atoms with E-state index in [0.717, 1.165) is 17.4 Å². The molecular formula is C19H23FN2O3. The Labute approximate surface area is 146 Å². The molecule has 0 aliphatic carbocycles. The van der Waals surface area contributed by atoms with E-state index in [0.29, 0.717) is 18.9 Å². The fourth-order valence-corrected chi connectivity index (χ4v) is 2.17. The standard InChI is InChI=1S/C19H23FN2O3/c1-13-3-6-16(7-4-13)25-12-14(2)22-19(23)17-11-15(20)5-8-18(17)24-10-9-21/h3-8,11,14H,9-10,12,21H2,1-2H3,(H,22,23)/t14-/m1/s1. The molecule has 6 heteroatoms. The molecule has 134 valence electrons. The van der Waals surface area contributed by atoms with Gasteiger partial charge in [0.25, 0.3) is 5.91 Å². The molecule has 0 heterocycles. The van der Waals surface area contributed by atoms with Gasteiger partial charge in [-0.2, -0.15) is 0 Å². The number of aryl methyl sites for hydroxylation is 1. The largest absolute Gasteiger partial charge is 0.491 e. The first kappa shape index (κ1) is 18.7. The molecule has 0 aliphatic heterocycles. The number of hydrogen-bond donors (Lipinski definition) is 2. The van der Waals surface area contributed by atoms with Crippen molar-refractivity contribution in [1.29, 1.82) is 0 Å². The van der Waals surface area contributed by atoms with E-state index < -0.39 is 11.7 Å². The minimum absolute atomic E-state index is 0.135. The minimum atomic E-state index is -0.506. The van der Waals surface area contributed by atoms with Gasteiger partial charge in [-0.1, -0.05) is 17.7 Å². The molecular weight excluding hydrogens is 323 g/mol. The highest BCUT2D eigenvalue weighted by Gasteiger charge is 2.16. The molecule has 2 aromatic carbocycles. The lowest BCUT2D eigenvalue weighted by Gasteiger charge is -2.17. The Morgan fingerprint density at radius 2 is 1.92 bits per heavy atom. The predicted molar refractivity (Wildman–Crippen MR) is 94.6 cm³/mol. The fourth-order valence-electron chi connectivity index (χ4n) is 2.17. The van der Waals surface area contributed by atoms with Crippen molar-refractivity contribution < 1.29 is 18.7 Å². The van der Waals surface area contributed by atoms with Crippen LogP contribution in [0, 0.1) is 12.7 Å². The molecule has 0 unspecified atom stereocenters. The van der Waals surface area contributed by atoms with Crippen molar-refractivity contribution in [2.75, 3.05) is 19.8 Å². The van der Waals surface area contributed by atoms with Crippen molar-refractivity contribution in [1.82, 2.24) is 5.32 Å². The van der Waals surface area contributed by atoms with E-state index in [1.807, 2.05) is 38.1 Å². The van der Waals surface area contributed by atoms with Crippen LogP contribution >= 0.6 is 0 Å². The lowest BCUT2D eigenvalue weighted by molar-refractivity contribution is 0.0922. The third-order valence-corrected chi connectivity index (χ3v) is 3.46. The summed E-state index contributed by atoms with van der Waals surface area (Å²) in [4.78, 5) is 12.4. The normalized spacial score (nSPS) is 11.7. The molecule has 0 aliphatic rings. The number of amides is 1. The van der Waals surface area contributed by atoms with Crippen LogP contribution in [0.25, 0.3) is 0 Å². The van der Waals surface area contributed by atoms with Gasteiger partial charge in [-0.05, 0) is 44.2 Å². The summed E-state index contributed by atoms with van der Waals surface area (Å²) >= 11 is 0. The van der Waals surface area contributed by atoms with Crippen molar-refractivity contribution in [2.24, 2.45) is 5.73 Å². The van der Waals surface area contributed by atoms with Crippen LogP contribution < -0.4 is 20.5 Å². The summed E-state index contributed by atoms with van der Waals surface area (Å²) in [5.41, 5.74) is 6.68. The van der Waals surface area contributed by atoms with Gasteiger partial charge in [0.15, 0.2) is 0 Å². The zero-order chi connectivity index (χ0) is 18.2. The Hall–Kier alpha value is -2.60. The highest BCUT2D eigenvalue weighted by molar-refractivity contribution is 5.97. The van der Waals surface area contributed by atoms with Gasteiger partial charge in [0.05, 0.1) is 11.6 Å². The van der Waals surface area contributed by atoms with E-state index in [9.17, 15) is 9.18 Å². The second-order valence-corrected chi connectivity index (χ2v) is 5.78. The van der Waals surface area contributed by atoms with Gasteiger partial charge < -0.3 is 20.5 Å². The number of ether oxygens (including phenoxy) is 2. The fraction of sp³-hybridized carbons (Fsp3) is 0.316. The summed E-state index contributed by atoms with van der Waals surface area (Å²) in [6.45, 7) is 4.65. The molecule has 2 aromatic rings. The average Bonchev–Trinajstić information content (AvgIpc) is 2.60. The first-order valence-corrected chi connectivity index (χ1v) is 8.12. The van der Waals surface area contributed by atoms with Crippen molar-refractivity contribution in [3.63, 3.8) is 0 Å². The molecule has 3 N–H and O–H groups in total. The Kier molecular flexibility index (Phi) is 6.77. The number of nitrogens with two attached hydrogens (primary N) is 1. The van der Waals surface area contributed by atoms with Crippen LogP contribution in [0.15, 0.2) is 42.5 Å². The van der Waals surface area contributed by atoms with Crippen LogP contribution in [0.5, 0.6) is 11.5 Å². The summed E-state index contributed by atoms with van der Waals surface area (Å²) < 4.78 is 24.5. The van der Waals surface area contributed by atoms with E-state index in [2.05, 4.69) is 5.32 Å². The van der Waals surface area contributed by atoms with Gasteiger partial charge in [-0.3, -0.25) is 4.79 Å². The average molecular weight is 346 g/mol. The molecule has 0 saturated heterocycles. The van der Waals surface area contributed by atoms with Crippen molar-refractivity contribution in [3.8, 4) is 11.5 Å². The highest BCUT2D eigenvalue weighted by atomic mass is 19.1. The lowest BCUT2D eigenvalue weighted by atomic mass is 10.1. The third-order valence-electron chi connectivity index (χ3n) is 3.46. The molecule has 5 nitrogen and oxygen atoms in total. The molecule has 2 rings (SSSR count). The Bertz CT molecular complexity index is 704. The smallest absolute Gasteiger partial charge is 0.255 e. The molecule has 1 atom stereocenters. The van der Waals surface area contributed by atoms with Crippen LogP contribution in [0.2, 0.25) is 0 Å². The summed E-state index contributed by atoms with van der Waals surface area (Å²) in [6, 6.07) is 11.2. The van der Waals surface area contributed by atoms with E-state index >= 15 is 0 Å². The number of rotatable bonds is 8. The van der Waals surface area contributed by atoms with Gasteiger partial charge in [0, 0.05) is 6.54 Å². The van der Waals surface area contributed by atoms with Crippen molar-refractivity contribution >= 4 is 5.91 Å². The topological polar surface area (TPSA) is 73.6 Å². The number of carbonyl (C=O) groups excluding carboxylic acids is 1. The summed E-state index contributed by atoms with van der Waals surface area (Å²) in [5, 5.41) is 2.78. The highest BCUT2D eigenvalue weighted by Crippen LogP contribution is 2.20. The number of nitrogens with one attached hydrogen (secondary N) is 1. The Morgan fingerprint density at radius 1 is 1.20 bits per heavy atom. The van der Waals surface area contributed by atoms with Crippen molar-refractivity contribution in [2.45, 2.75) is 19.9 Å². The molecule has 0 radical (unpaired) electrons. The van der Waals surface area contributed by atoms with Gasteiger partial charge in [-0.15, -0.1) is 0 Å². The number of halogens is 1. The Morgan fingerprint density at radius 3 is 2.60 bits per heavy atom. The maximum atomic E-state index is 13.5. The molecule has 0 saturated carbocycles. The van der Waals surface area contributed by atoms with Gasteiger partial charge in [-0.25, -0.2) is 4.39 Å². The van der Waals surface area contributed by atoms with Crippen LogP contribution in [0.4, 0.5) is 4.39 Å².